The lowest BCUT2D eigenvalue weighted by Gasteiger charge is -2.42. The minimum Gasteiger partial charge on any atom is -0.481 e. The van der Waals surface area contributed by atoms with Gasteiger partial charge in [0.25, 0.3) is 0 Å². The van der Waals surface area contributed by atoms with Crippen LogP contribution in [-0.4, -0.2) is 17.1 Å². The summed E-state index contributed by atoms with van der Waals surface area (Å²) in [5.74, 6) is 1.65. The molecular weight excluding hydrogens is 412 g/mol. The quantitative estimate of drug-likeness (QED) is 0.480. The molecule has 4 unspecified atom stereocenters. The van der Waals surface area contributed by atoms with Crippen LogP contribution in [-0.2, 0) is 4.79 Å². The second kappa shape index (κ2) is 9.73. The summed E-state index contributed by atoms with van der Waals surface area (Å²) in [6.07, 6.45) is 7.14. The molecule has 0 saturated heterocycles. The van der Waals surface area contributed by atoms with Gasteiger partial charge in [0.15, 0.2) is 0 Å². The van der Waals surface area contributed by atoms with Crippen LogP contribution in [0, 0.1) is 17.8 Å². The Balaban J connectivity index is 1.30. The van der Waals surface area contributed by atoms with E-state index in [9.17, 15) is 9.59 Å². The van der Waals surface area contributed by atoms with Crippen molar-refractivity contribution >= 4 is 35.0 Å². The number of hydrogen-bond acceptors (Lipinski definition) is 2. The maximum Gasteiger partial charge on any atom is 0.323 e. The lowest BCUT2D eigenvalue weighted by Crippen LogP contribution is -2.31. The van der Waals surface area contributed by atoms with Crippen molar-refractivity contribution in [2.75, 3.05) is 10.6 Å². The number of fused-ring (bicyclic) bond motifs is 1. The number of benzene rings is 2. The molecule has 5 nitrogen and oxygen atoms in total. The Hall–Kier alpha value is -2.53. The van der Waals surface area contributed by atoms with Crippen LogP contribution in [0.4, 0.5) is 16.2 Å². The molecule has 0 radical (unpaired) electrons. The SMILES string of the molecule is O=C(O)CC1CCC2CC(c3ccc(NC(=O)Nc4cccc(Cl)c4)cc3)CCC2C1. The van der Waals surface area contributed by atoms with E-state index in [4.69, 9.17) is 16.7 Å². The zero-order valence-electron chi connectivity index (χ0n) is 17.5. The molecule has 3 N–H and O–H groups in total. The van der Waals surface area contributed by atoms with Crippen LogP contribution in [0.15, 0.2) is 48.5 Å². The number of nitrogens with one attached hydrogen (secondary N) is 2. The van der Waals surface area contributed by atoms with Crippen LogP contribution in [0.5, 0.6) is 0 Å². The second-order valence-electron chi connectivity index (χ2n) is 9.02. The fraction of sp³-hybridized carbons (Fsp3) is 0.440. The summed E-state index contributed by atoms with van der Waals surface area (Å²) < 4.78 is 0. The van der Waals surface area contributed by atoms with E-state index in [1.54, 1.807) is 24.3 Å². The Labute approximate surface area is 188 Å². The molecule has 6 heteroatoms. The van der Waals surface area contributed by atoms with Crippen LogP contribution in [0.2, 0.25) is 5.02 Å². The number of carboxylic acid groups (broad SMARTS) is 1. The average molecular weight is 441 g/mol. The van der Waals surface area contributed by atoms with Crippen molar-refractivity contribution in [1.82, 2.24) is 0 Å². The molecule has 2 aromatic rings. The predicted molar refractivity (Wildman–Crippen MR) is 124 cm³/mol. The molecule has 0 spiro atoms. The van der Waals surface area contributed by atoms with Gasteiger partial charge >= 0.3 is 12.0 Å². The second-order valence-corrected chi connectivity index (χ2v) is 9.45. The van der Waals surface area contributed by atoms with Gasteiger partial charge < -0.3 is 15.7 Å². The first-order chi connectivity index (χ1) is 15.0. The molecule has 164 valence electrons. The van der Waals surface area contributed by atoms with Gasteiger partial charge in [-0.15, -0.1) is 0 Å². The summed E-state index contributed by atoms with van der Waals surface area (Å²) in [5, 5.41) is 15.3. The van der Waals surface area contributed by atoms with E-state index < -0.39 is 5.97 Å². The standard InChI is InChI=1S/C25H29ClN2O3/c26-21-2-1-3-23(15-21)28-25(31)27-22-10-8-17(9-11-22)19-7-6-18-12-16(13-24(29)30)4-5-20(18)14-19/h1-3,8-11,15-16,18-20H,4-7,12-14H2,(H,29,30)(H2,27,28,31). The zero-order chi connectivity index (χ0) is 21.8. The van der Waals surface area contributed by atoms with E-state index in [0.717, 1.165) is 31.4 Å². The molecule has 2 amide bonds. The van der Waals surface area contributed by atoms with Crippen molar-refractivity contribution in [3.05, 3.63) is 59.1 Å². The normalized spacial score (nSPS) is 25.3. The fourth-order valence-corrected chi connectivity index (χ4v) is 5.61. The third-order valence-electron chi connectivity index (χ3n) is 6.91. The first kappa shape index (κ1) is 21.7. The Morgan fingerprint density at radius 2 is 1.61 bits per heavy atom. The van der Waals surface area contributed by atoms with Crippen molar-refractivity contribution in [2.24, 2.45) is 17.8 Å². The number of urea groups is 1. The summed E-state index contributed by atoms with van der Waals surface area (Å²) in [6, 6.07) is 14.9. The Morgan fingerprint density at radius 1 is 0.903 bits per heavy atom. The number of hydrogen-bond donors (Lipinski definition) is 3. The highest BCUT2D eigenvalue weighted by molar-refractivity contribution is 6.30. The highest BCUT2D eigenvalue weighted by Gasteiger charge is 2.36. The van der Waals surface area contributed by atoms with Crippen molar-refractivity contribution in [3.63, 3.8) is 0 Å². The van der Waals surface area contributed by atoms with Gasteiger partial charge in [0.2, 0.25) is 0 Å². The number of aliphatic carboxylic acids is 1. The van der Waals surface area contributed by atoms with Gasteiger partial charge in [0.05, 0.1) is 0 Å². The molecule has 0 aliphatic heterocycles. The van der Waals surface area contributed by atoms with Crippen molar-refractivity contribution < 1.29 is 14.7 Å². The molecular formula is C25H29ClN2O3. The minimum absolute atomic E-state index is 0.298. The molecule has 4 rings (SSSR count). The number of carbonyl (C=O) groups is 2. The van der Waals surface area contributed by atoms with Gasteiger partial charge in [-0.05, 0) is 98.1 Å². The molecule has 2 saturated carbocycles. The molecule has 0 heterocycles. The Kier molecular flexibility index (Phi) is 6.81. The minimum atomic E-state index is -0.660. The van der Waals surface area contributed by atoms with E-state index >= 15 is 0 Å². The molecule has 4 atom stereocenters. The van der Waals surface area contributed by atoms with Gasteiger partial charge in [0.1, 0.15) is 0 Å². The fourth-order valence-electron chi connectivity index (χ4n) is 5.42. The summed E-state index contributed by atoms with van der Waals surface area (Å²) >= 11 is 5.95. The lowest BCUT2D eigenvalue weighted by atomic mass is 9.63. The largest absolute Gasteiger partial charge is 0.481 e. The van der Waals surface area contributed by atoms with Crippen LogP contribution < -0.4 is 10.6 Å². The summed E-state index contributed by atoms with van der Waals surface area (Å²) in [5.41, 5.74) is 2.73. The lowest BCUT2D eigenvalue weighted by molar-refractivity contribution is -0.138. The highest BCUT2D eigenvalue weighted by atomic mass is 35.5. The van der Waals surface area contributed by atoms with E-state index in [0.29, 0.717) is 40.8 Å². The Morgan fingerprint density at radius 3 is 2.35 bits per heavy atom. The first-order valence-electron chi connectivity index (χ1n) is 11.1. The third kappa shape index (κ3) is 5.79. The number of anilines is 2. The van der Waals surface area contributed by atoms with E-state index in [-0.39, 0.29) is 6.03 Å². The molecule has 2 aliphatic rings. The number of amides is 2. The Bertz CT molecular complexity index is 931. The van der Waals surface area contributed by atoms with Crippen LogP contribution in [0.3, 0.4) is 0 Å². The van der Waals surface area contributed by atoms with E-state index in [1.165, 1.54) is 18.4 Å². The topological polar surface area (TPSA) is 78.4 Å². The summed E-state index contributed by atoms with van der Waals surface area (Å²) in [4.78, 5) is 23.3. The van der Waals surface area contributed by atoms with Gasteiger partial charge in [-0.25, -0.2) is 4.79 Å². The van der Waals surface area contributed by atoms with Crippen LogP contribution >= 0.6 is 11.6 Å². The molecule has 0 bridgehead atoms. The first-order valence-corrected chi connectivity index (χ1v) is 11.5. The number of carboxylic acids is 1. The summed E-state index contributed by atoms with van der Waals surface area (Å²) in [6.45, 7) is 0. The van der Waals surface area contributed by atoms with Gasteiger partial charge in [-0.3, -0.25) is 4.79 Å². The third-order valence-corrected chi connectivity index (χ3v) is 7.14. The maximum absolute atomic E-state index is 12.2. The molecule has 0 aromatic heterocycles. The zero-order valence-corrected chi connectivity index (χ0v) is 18.3. The predicted octanol–water partition coefficient (Wildman–Crippen LogP) is 6.76. The van der Waals surface area contributed by atoms with Gasteiger partial charge in [-0.1, -0.05) is 29.8 Å². The van der Waals surface area contributed by atoms with Crippen LogP contribution in [0.25, 0.3) is 0 Å². The molecule has 2 fully saturated rings. The molecule has 31 heavy (non-hydrogen) atoms. The molecule has 2 aromatic carbocycles. The van der Waals surface area contributed by atoms with Crippen molar-refractivity contribution in [1.29, 1.82) is 0 Å². The van der Waals surface area contributed by atoms with Gasteiger partial charge in [-0.2, -0.15) is 0 Å². The van der Waals surface area contributed by atoms with Gasteiger partial charge in [0, 0.05) is 22.8 Å². The van der Waals surface area contributed by atoms with E-state index in [1.807, 2.05) is 12.1 Å². The average Bonchev–Trinajstić information content (AvgIpc) is 2.73. The maximum atomic E-state index is 12.2. The van der Waals surface area contributed by atoms with Crippen molar-refractivity contribution in [2.45, 2.75) is 50.9 Å². The monoisotopic (exact) mass is 440 g/mol. The highest BCUT2D eigenvalue weighted by Crippen LogP contribution is 2.48. The number of halogens is 1. The molecule has 2 aliphatic carbocycles. The number of carbonyl (C=O) groups excluding carboxylic acids is 1. The van der Waals surface area contributed by atoms with Crippen molar-refractivity contribution in [3.8, 4) is 0 Å². The smallest absolute Gasteiger partial charge is 0.323 e. The summed E-state index contributed by atoms with van der Waals surface area (Å²) in [7, 11) is 0. The van der Waals surface area contributed by atoms with Crippen LogP contribution in [0.1, 0.15) is 56.4 Å². The van der Waals surface area contributed by atoms with E-state index in [2.05, 4.69) is 22.8 Å². The number of rotatable bonds is 5.